The highest BCUT2D eigenvalue weighted by Gasteiger charge is 2.08. The summed E-state index contributed by atoms with van der Waals surface area (Å²) in [6, 6.07) is 8.51. The summed E-state index contributed by atoms with van der Waals surface area (Å²) in [4.78, 5) is 0. The number of allylic oxidation sites excluding steroid dienone is 1. The van der Waals surface area contributed by atoms with Crippen LogP contribution in [0.4, 0.5) is 5.69 Å². The van der Waals surface area contributed by atoms with Gasteiger partial charge in [-0.3, -0.25) is 0 Å². The van der Waals surface area contributed by atoms with Crippen LogP contribution in [0.5, 0.6) is 0 Å². The van der Waals surface area contributed by atoms with Crippen LogP contribution in [0.15, 0.2) is 36.0 Å². The predicted octanol–water partition coefficient (Wildman–Crippen LogP) is 3.34. The maximum atomic E-state index is 3.34. The lowest BCUT2D eigenvalue weighted by Crippen LogP contribution is -2.04. The molecule has 1 aliphatic heterocycles. The molecule has 0 fully saturated rings. The molecule has 1 heterocycles. The Balaban J connectivity index is 2.18. The average Bonchev–Trinajstić information content (AvgIpc) is 2.18. The van der Waals surface area contributed by atoms with Crippen molar-refractivity contribution in [2.24, 2.45) is 0 Å². The van der Waals surface area contributed by atoms with E-state index in [1.807, 2.05) is 0 Å². The van der Waals surface area contributed by atoms with Crippen LogP contribution in [0.1, 0.15) is 25.3 Å². The van der Waals surface area contributed by atoms with Crippen LogP contribution in [-0.2, 0) is 6.42 Å². The first-order chi connectivity index (χ1) is 6.40. The molecule has 0 bridgehead atoms. The number of hydrogen-bond donors (Lipinski definition) is 1. The van der Waals surface area contributed by atoms with Crippen molar-refractivity contribution in [2.75, 3.05) is 5.32 Å². The van der Waals surface area contributed by atoms with Gasteiger partial charge in [0.2, 0.25) is 0 Å². The maximum Gasteiger partial charge on any atom is 0.0415 e. The van der Waals surface area contributed by atoms with Gasteiger partial charge in [0.25, 0.3) is 0 Å². The average molecular weight is 173 g/mol. The molecule has 13 heavy (non-hydrogen) atoms. The number of nitrogens with one attached hydrogen (secondary N) is 1. The van der Waals surface area contributed by atoms with Crippen LogP contribution in [0, 0.1) is 0 Å². The first kappa shape index (κ1) is 8.36. The second-order valence-corrected chi connectivity index (χ2v) is 3.53. The maximum absolute atomic E-state index is 3.34. The summed E-state index contributed by atoms with van der Waals surface area (Å²) in [5.41, 5.74) is 4.21. The van der Waals surface area contributed by atoms with Gasteiger partial charge in [0, 0.05) is 11.9 Å². The first-order valence-corrected chi connectivity index (χ1v) is 4.92. The van der Waals surface area contributed by atoms with E-state index < -0.39 is 0 Å². The molecule has 68 valence electrons. The Kier molecular flexibility index (Phi) is 2.35. The molecule has 1 nitrogen and oxygen atoms in total. The van der Waals surface area contributed by atoms with E-state index in [4.69, 9.17) is 0 Å². The van der Waals surface area contributed by atoms with E-state index in [-0.39, 0.29) is 0 Å². The van der Waals surface area contributed by atoms with E-state index in [1.165, 1.54) is 29.7 Å². The SMILES string of the molecule is CCCC1=CNc2ccccc2C1. The Hall–Kier alpha value is -1.24. The van der Waals surface area contributed by atoms with E-state index in [2.05, 4.69) is 42.7 Å². The van der Waals surface area contributed by atoms with E-state index in [9.17, 15) is 0 Å². The summed E-state index contributed by atoms with van der Waals surface area (Å²) in [5, 5.41) is 3.34. The van der Waals surface area contributed by atoms with Crippen molar-refractivity contribution < 1.29 is 0 Å². The van der Waals surface area contributed by atoms with Gasteiger partial charge in [-0.15, -0.1) is 0 Å². The lowest BCUT2D eigenvalue weighted by atomic mass is 9.98. The Labute approximate surface area is 79.5 Å². The van der Waals surface area contributed by atoms with Gasteiger partial charge in [0.1, 0.15) is 0 Å². The van der Waals surface area contributed by atoms with Gasteiger partial charge < -0.3 is 5.32 Å². The third-order valence-electron chi connectivity index (χ3n) is 2.44. The van der Waals surface area contributed by atoms with Crippen molar-refractivity contribution in [1.29, 1.82) is 0 Å². The molecular weight excluding hydrogens is 158 g/mol. The summed E-state index contributed by atoms with van der Waals surface area (Å²) in [6.45, 7) is 2.22. The fourth-order valence-corrected chi connectivity index (χ4v) is 1.77. The highest BCUT2D eigenvalue weighted by Crippen LogP contribution is 2.25. The lowest BCUT2D eigenvalue weighted by molar-refractivity contribution is 0.862. The van der Waals surface area contributed by atoms with Crippen LogP contribution in [0.3, 0.4) is 0 Å². The molecule has 1 N–H and O–H groups in total. The molecule has 0 unspecified atom stereocenters. The molecule has 1 heteroatoms. The van der Waals surface area contributed by atoms with Gasteiger partial charge in [0.15, 0.2) is 0 Å². The van der Waals surface area contributed by atoms with Crippen LogP contribution in [-0.4, -0.2) is 0 Å². The minimum Gasteiger partial charge on any atom is -0.361 e. The zero-order chi connectivity index (χ0) is 9.10. The van der Waals surface area contributed by atoms with Gasteiger partial charge in [0.05, 0.1) is 0 Å². The Morgan fingerprint density at radius 2 is 2.15 bits per heavy atom. The van der Waals surface area contributed by atoms with E-state index in [0.29, 0.717) is 0 Å². The third kappa shape index (κ3) is 1.74. The molecular formula is C12H15N. The number of hydrogen-bond acceptors (Lipinski definition) is 1. The van der Waals surface area contributed by atoms with Gasteiger partial charge >= 0.3 is 0 Å². The predicted molar refractivity (Wildman–Crippen MR) is 56.8 cm³/mol. The van der Waals surface area contributed by atoms with E-state index in [0.717, 1.165) is 6.42 Å². The summed E-state index contributed by atoms with van der Waals surface area (Å²) in [6.07, 6.45) is 5.72. The number of anilines is 1. The fourth-order valence-electron chi connectivity index (χ4n) is 1.77. The minimum absolute atomic E-state index is 1.12. The monoisotopic (exact) mass is 173 g/mol. The molecule has 1 aliphatic rings. The van der Waals surface area contributed by atoms with E-state index >= 15 is 0 Å². The topological polar surface area (TPSA) is 12.0 Å². The zero-order valence-corrected chi connectivity index (χ0v) is 8.01. The molecule has 0 amide bonds. The molecule has 2 rings (SSSR count). The Morgan fingerprint density at radius 3 is 3.00 bits per heavy atom. The van der Waals surface area contributed by atoms with Crippen molar-refractivity contribution in [2.45, 2.75) is 26.2 Å². The Morgan fingerprint density at radius 1 is 1.31 bits per heavy atom. The quantitative estimate of drug-likeness (QED) is 0.723. The second kappa shape index (κ2) is 3.65. The smallest absolute Gasteiger partial charge is 0.0415 e. The number of fused-ring (bicyclic) bond motifs is 1. The summed E-state index contributed by atoms with van der Waals surface area (Å²) in [5.74, 6) is 0. The molecule has 0 aromatic heterocycles. The van der Waals surface area contributed by atoms with Gasteiger partial charge in [-0.05, 0) is 30.0 Å². The molecule has 0 atom stereocenters. The molecule has 1 aromatic rings. The molecule has 0 saturated carbocycles. The van der Waals surface area contributed by atoms with Crippen LogP contribution >= 0.6 is 0 Å². The summed E-state index contributed by atoms with van der Waals surface area (Å²) >= 11 is 0. The molecule has 0 spiro atoms. The normalized spacial score (nSPS) is 14.4. The third-order valence-corrected chi connectivity index (χ3v) is 2.44. The molecule has 1 aromatic carbocycles. The second-order valence-electron chi connectivity index (χ2n) is 3.53. The molecule has 0 radical (unpaired) electrons. The first-order valence-electron chi connectivity index (χ1n) is 4.92. The van der Waals surface area contributed by atoms with Gasteiger partial charge in [-0.25, -0.2) is 0 Å². The summed E-state index contributed by atoms with van der Waals surface area (Å²) < 4.78 is 0. The standard InChI is InChI=1S/C12H15N/c1-2-5-10-8-11-6-3-4-7-12(11)13-9-10/h3-4,6-7,9,13H,2,5,8H2,1H3. The number of para-hydroxylation sites is 1. The fraction of sp³-hybridized carbons (Fsp3) is 0.333. The van der Waals surface area contributed by atoms with Crippen molar-refractivity contribution in [3.63, 3.8) is 0 Å². The number of benzene rings is 1. The van der Waals surface area contributed by atoms with Crippen LogP contribution in [0.2, 0.25) is 0 Å². The van der Waals surface area contributed by atoms with Crippen molar-refractivity contribution >= 4 is 5.69 Å². The van der Waals surface area contributed by atoms with E-state index in [1.54, 1.807) is 0 Å². The van der Waals surface area contributed by atoms with Crippen molar-refractivity contribution in [3.05, 3.63) is 41.6 Å². The molecule has 0 saturated heterocycles. The van der Waals surface area contributed by atoms with Gasteiger partial charge in [-0.2, -0.15) is 0 Å². The van der Waals surface area contributed by atoms with Crippen molar-refractivity contribution in [1.82, 2.24) is 0 Å². The highest BCUT2D eigenvalue weighted by atomic mass is 14.9. The van der Waals surface area contributed by atoms with Crippen molar-refractivity contribution in [3.8, 4) is 0 Å². The number of rotatable bonds is 2. The Bertz CT molecular complexity index is 326. The van der Waals surface area contributed by atoms with Gasteiger partial charge in [-0.1, -0.05) is 31.5 Å². The summed E-state index contributed by atoms with van der Waals surface area (Å²) in [7, 11) is 0. The highest BCUT2D eigenvalue weighted by molar-refractivity contribution is 5.57. The lowest BCUT2D eigenvalue weighted by Gasteiger charge is -2.17. The zero-order valence-electron chi connectivity index (χ0n) is 8.01. The van der Waals surface area contributed by atoms with Crippen LogP contribution < -0.4 is 5.32 Å². The molecule has 0 aliphatic carbocycles. The minimum atomic E-state index is 1.12. The largest absolute Gasteiger partial charge is 0.361 e. The van der Waals surface area contributed by atoms with Crippen LogP contribution in [0.25, 0.3) is 0 Å².